The van der Waals surface area contributed by atoms with Crippen molar-refractivity contribution in [3.05, 3.63) is 58.4 Å². The van der Waals surface area contributed by atoms with Gasteiger partial charge in [-0.2, -0.15) is 0 Å². The van der Waals surface area contributed by atoms with Gasteiger partial charge in [-0.05, 0) is 25.1 Å². The number of nitrogens with zero attached hydrogens (tertiary/aromatic N) is 2. The minimum absolute atomic E-state index is 0.00997. The quantitative estimate of drug-likeness (QED) is 0.605. The van der Waals surface area contributed by atoms with E-state index in [0.29, 0.717) is 28.1 Å². The molecule has 2 nitrogen and oxygen atoms in total. The molecule has 0 spiro atoms. The van der Waals surface area contributed by atoms with Gasteiger partial charge in [0.15, 0.2) is 0 Å². The molecule has 2 aromatic carbocycles. The van der Waals surface area contributed by atoms with E-state index in [0.717, 1.165) is 0 Å². The van der Waals surface area contributed by atoms with Gasteiger partial charge < -0.3 is 0 Å². The normalized spacial score (nSPS) is 11.3. The SMILES string of the molecule is Cc1c(F)cccc1-n1c(CCl)nc2cc(Cl)c(F)cc21. The minimum atomic E-state index is -0.555. The fourth-order valence-corrected chi connectivity index (χ4v) is 2.66. The molecule has 0 unspecified atom stereocenters. The average molecular weight is 327 g/mol. The number of hydrogen-bond donors (Lipinski definition) is 0. The Labute approximate surface area is 129 Å². The molecule has 6 heteroatoms. The van der Waals surface area contributed by atoms with Gasteiger partial charge in [-0.25, -0.2) is 13.8 Å². The van der Waals surface area contributed by atoms with Gasteiger partial charge in [0.1, 0.15) is 17.5 Å². The van der Waals surface area contributed by atoms with Gasteiger partial charge in [0.25, 0.3) is 0 Å². The lowest BCUT2D eigenvalue weighted by Crippen LogP contribution is -2.03. The molecule has 0 aliphatic carbocycles. The van der Waals surface area contributed by atoms with E-state index in [1.165, 1.54) is 18.2 Å². The van der Waals surface area contributed by atoms with Crippen molar-refractivity contribution in [2.45, 2.75) is 12.8 Å². The van der Waals surface area contributed by atoms with Crippen LogP contribution in [0, 0.1) is 18.6 Å². The molecule has 0 radical (unpaired) electrons. The number of alkyl halides is 1. The number of imidazole rings is 1. The van der Waals surface area contributed by atoms with Gasteiger partial charge >= 0.3 is 0 Å². The van der Waals surface area contributed by atoms with E-state index in [-0.39, 0.29) is 16.7 Å². The maximum atomic E-state index is 13.8. The summed E-state index contributed by atoms with van der Waals surface area (Å²) in [6.07, 6.45) is 0. The predicted octanol–water partition coefficient (Wildman–Crippen LogP) is 5.00. The third kappa shape index (κ3) is 2.28. The van der Waals surface area contributed by atoms with Crippen molar-refractivity contribution < 1.29 is 8.78 Å². The fraction of sp³-hybridized carbons (Fsp3) is 0.133. The number of hydrogen-bond acceptors (Lipinski definition) is 1. The molecule has 0 saturated carbocycles. The molecule has 0 bridgehead atoms. The topological polar surface area (TPSA) is 17.8 Å². The lowest BCUT2D eigenvalue weighted by atomic mass is 10.2. The summed E-state index contributed by atoms with van der Waals surface area (Å²) in [4.78, 5) is 4.34. The van der Waals surface area contributed by atoms with E-state index in [2.05, 4.69) is 4.98 Å². The van der Waals surface area contributed by atoms with Gasteiger partial charge in [0.05, 0.1) is 27.6 Å². The van der Waals surface area contributed by atoms with Gasteiger partial charge in [0, 0.05) is 11.6 Å². The molecule has 0 fully saturated rings. The van der Waals surface area contributed by atoms with Crippen LogP contribution >= 0.6 is 23.2 Å². The lowest BCUT2D eigenvalue weighted by Gasteiger charge is -2.11. The Morgan fingerprint density at radius 2 is 1.95 bits per heavy atom. The molecule has 0 aliphatic rings. The Kier molecular flexibility index (Phi) is 3.59. The molecule has 3 aromatic rings. The zero-order chi connectivity index (χ0) is 15.1. The Morgan fingerprint density at radius 1 is 1.19 bits per heavy atom. The Balaban J connectivity index is 2.40. The molecule has 3 rings (SSSR count). The van der Waals surface area contributed by atoms with Gasteiger partial charge in [0.2, 0.25) is 0 Å². The molecule has 1 aromatic heterocycles. The molecular weight excluding hydrogens is 317 g/mol. The van der Waals surface area contributed by atoms with E-state index in [1.54, 1.807) is 23.6 Å². The average Bonchev–Trinajstić information content (AvgIpc) is 2.80. The van der Waals surface area contributed by atoms with E-state index in [4.69, 9.17) is 23.2 Å². The lowest BCUT2D eigenvalue weighted by molar-refractivity contribution is 0.616. The zero-order valence-electron chi connectivity index (χ0n) is 11.0. The Morgan fingerprint density at radius 3 is 2.67 bits per heavy atom. The number of aromatic nitrogens is 2. The second-order valence-corrected chi connectivity index (χ2v) is 5.31. The van der Waals surface area contributed by atoms with Crippen LogP contribution in [0.5, 0.6) is 0 Å². The van der Waals surface area contributed by atoms with Crippen LogP contribution < -0.4 is 0 Å². The Hall–Kier alpha value is -1.65. The van der Waals surface area contributed by atoms with E-state index in [9.17, 15) is 8.78 Å². The molecule has 0 atom stereocenters. The van der Waals surface area contributed by atoms with E-state index < -0.39 is 5.82 Å². The zero-order valence-corrected chi connectivity index (χ0v) is 12.5. The molecule has 21 heavy (non-hydrogen) atoms. The first-order chi connectivity index (χ1) is 10.0. The summed E-state index contributed by atoms with van der Waals surface area (Å²) in [6.45, 7) is 1.65. The van der Waals surface area contributed by atoms with Crippen molar-refractivity contribution in [2.75, 3.05) is 0 Å². The van der Waals surface area contributed by atoms with E-state index in [1.807, 2.05) is 0 Å². The maximum Gasteiger partial charge on any atom is 0.144 e. The molecule has 108 valence electrons. The first-order valence-electron chi connectivity index (χ1n) is 6.20. The first kappa shape index (κ1) is 14.3. The van der Waals surface area contributed by atoms with Crippen LogP contribution in [0.2, 0.25) is 5.02 Å². The third-order valence-corrected chi connectivity index (χ3v) is 3.89. The summed E-state index contributed by atoms with van der Waals surface area (Å²) in [5, 5.41) is -0.00997. The van der Waals surface area contributed by atoms with Gasteiger partial charge in [-0.3, -0.25) is 4.57 Å². The summed E-state index contributed by atoms with van der Waals surface area (Å²) in [6, 6.07) is 7.42. The highest BCUT2D eigenvalue weighted by molar-refractivity contribution is 6.31. The first-order valence-corrected chi connectivity index (χ1v) is 7.12. The number of rotatable bonds is 2. The second kappa shape index (κ2) is 5.28. The molecule has 0 amide bonds. The minimum Gasteiger partial charge on any atom is -0.295 e. The van der Waals surface area contributed by atoms with Crippen molar-refractivity contribution in [1.29, 1.82) is 0 Å². The van der Waals surface area contributed by atoms with Crippen molar-refractivity contribution >= 4 is 34.2 Å². The van der Waals surface area contributed by atoms with Crippen LogP contribution in [-0.2, 0) is 5.88 Å². The van der Waals surface area contributed by atoms with Crippen molar-refractivity contribution in [2.24, 2.45) is 0 Å². The molecule has 1 heterocycles. The summed E-state index contributed by atoms with van der Waals surface area (Å²) in [7, 11) is 0. The van der Waals surface area contributed by atoms with Gasteiger partial charge in [-0.15, -0.1) is 11.6 Å². The highest BCUT2D eigenvalue weighted by Crippen LogP contribution is 2.29. The Bertz CT molecular complexity index is 843. The molecular formula is C15H10Cl2F2N2. The highest BCUT2D eigenvalue weighted by Gasteiger charge is 2.16. The number of halogens is 4. The molecule has 0 N–H and O–H groups in total. The van der Waals surface area contributed by atoms with Crippen LogP contribution in [0.4, 0.5) is 8.78 Å². The van der Waals surface area contributed by atoms with Crippen molar-refractivity contribution in [3.8, 4) is 5.69 Å². The third-order valence-electron chi connectivity index (χ3n) is 3.37. The van der Waals surface area contributed by atoms with Gasteiger partial charge in [-0.1, -0.05) is 17.7 Å². The van der Waals surface area contributed by atoms with Crippen LogP contribution in [0.3, 0.4) is 0 Å². The summed E-state index contributed by atoms with van der Waals surface area (Å²) in [5.41, 5.74) is 2.04. The molecule has 0 aliphatic heterocycles. The van der Waals surface area contributed by atoms with Crippen LogP contribution in [-0.4, -0.2) is 9.55 Å². The maximum absolute atomic E-state index is 13.8. The number of benzene rings is 2. The van der Waals surface area contributed by atoms with Crippen molar-refractivity contribution in [3.63, 3.8) is 0 Å². The summed E-state index contributed by atoms with van der Waals surface area (Å²) >= 11 is 11.7. The van der Waals surface area contributed by atoms with Crippen molar-refractivity contribution in [1.82, 2.24) is 9.55 Å². The standard InChI is InChI=1S/C15H10Cl2F2N2/c1-8-10(18)3-2-4-13(8)21-14-6-11(19)9(17)5-12(14)20-15(21)7-16/h2-6H,7H2,1H3. The van der Waals surface area contributed by atoms with Crippen LogP contribution in [0.15, 0.2) is 30.3 Å². The fourth-order valence-electron chi connectivity index (χ4n) is 2.32. The summed E-state index contributed by atoms with van der Waals surface area (Å²) in [5.74, 6) is -0.281. The summed E-state index contributed by atoms with van der Waals surface area (Å²) < 4.78 is 29.2. The predicted molar refractivity (Wildman–Crippen MR) is 80.3 cm³/mol. The van der Waals surface area contributed by atoms with Crippen LogP contribution in [0.1, 0.15) is 11.4 Å². The molecule has 0 saturated heterocycles. The highest BCUT2D eigenvalue weighted by atomic mass is 35.5. The number of fused-ring (bicyclic) bond motifs is 1. The largest absolute Gasteiger partial charge is 0.295 e. The smallest absolute Gasteiger partial charge is 0.144 e. The second-order valence-electron chi connectivity index (χ2n) is 4.64. The van der Waals surface area contributed by atoms with Crippen LogP contribution in [0.25, 0.3) is 16.7 Å². The van der Waals surface area contributed by atoms with E-state index >= 15 is 0 Å². The monoisotopic (exact) mass is 326 g/mol.